The van der Waals surface area contributed by atoms with Crippen LogP contribution in [0, 0.1) is 13.8 Å². The van der Waals surface area contributed by atoms with Gasteiger partial charge in [0.1, 0.15) is 5.75 Å². The van der Waals surface area contributed by atoms with Gasteiger partial charge in [-0.3, -0.25) is 4.79 Å². The number of ether oxygens (including phenoxy) is 1. The van der Waals surface area contributed by atoms with Gasteiger partial charge in [-0.15, -0.1) is 0 Å². The van der Waals surface area contributed by atoms with Crippen LogP contribution in [0.2, 0.25) is 0 Å². The molecule has 0 radical (unpaired) electrons. The Morgan fingerprint density at radius 3 is 2.55 bits per heavy atom. The molecule has 1 amide bonds. The summed E-state index contributed by atoms with van der Waals surface area (Å²) in [6.45, 7) is 8.24. The fraction of sp³-hybridized carbons (Fsp3) is 0.316. The molecule has 0 heterocycles. The van der Waals surface area contributed by atoms with E-state index in [-0.39, 0.29) is 12.5 Å². The van der Waals surface area contributed by atoms with Crippen LogP contribution in [-0.4, -0.2) is 12.5 Å². The number of hydrogen-bond acceptors (Lipinski definition) is 2. The lowest BCUT2D eigenvalue weighted by Crippen LogP contribution is -2.21. The van der Waals surface area contributed by atoms with Gasteiger partial charge in [0.2, 0.25) is 0 Å². The van der Waals surface area contributed by atoms with Gasteiger partial charge >= 0.3 is 0 Å². The summed E-state index contributed by atoms with van der Waals surface area (Å²) in [4.78, 5) is 12.2. The molecule has 0 spiro atoms. The van der Waals surface area contributed by atoms with Gasteiger partial charge in [0, 0.05) is 5.69 Å². The molecule has 1 N–H and O–H groups in total. The van der Waals surface area contributed by atoms with Crippen LogP contribution in [0.5, 0.6) is 5.75 Å². The number of para-hydroxylation sites is 1. The van der Waals surface area contributed by atoms with Crippen molar-refractivity contribution in [3.05, 3.63) is 59.2 Å². The van der Waals surface area contributed by atoms with Crippen LogP contribution in [-0.2, 0) is 4.79 Å². The van der Waals surface area contributed by atoms with E-state index in [0.717, 1.165) is 22.4 Å². The number of anilines is 1. The smallest absolute Gasteiger partial charge is 0.262 e. The van der Waals surface area contributed by atoms with Crippen molar-refractivity contribution in [2.24, 2.45) is 0 Å². The van der Waals surface area contributed by atoms with E-state index >= 15 is 0 Å². The minimum absolute atomic E-state index is 0.00925. The molecule has 0 unspecified atom stereocenters. The van der Waals surface area contributed by atoms with E-state index in [1.165, 1.54) is 0 Å². The molecule has 2 aromatic rings. The Balaban J connectivity index is 2.03. The topological polar surface area (TPSA) is 38.3 Å². The summed E-state index contributed by atoms with van der Waals surface area (Å²) in [5.74, 6) is 0.926. The molecule has 22 heavy (non-hydrogen) atoms. The highest BCUT2D eigenvalue weighted by atomic mass is 16.5. The van der Waals surface area contributed by atoms with Crippen LogP contribution < -0.4 is 10.1 Å². The fourth-order valence-corrected chi connectivity index (χ4v) is 2.37. The van der Waals surface area contributed by atoms with Crippen molar-refractivity contribution in [3.8, 4) is 5.75 Å². The Labute approximate surface area is 132 Å². The van der Waals surface area contributed by atoms with Crippen LogP contribution in [0.3, 0.4) is 0 Å². The second-order valence-corrected chi connectivity index (χ2v) is 5.85. The average molecular weight is 297 g/mol. The molecule has 3 heteroatoms. The molecular weight excluding hydrogens is 274 g/mol. The number of carbonyl (C=O) groups excluding carboxylic acids is 1. The van der Waals surface area contributed by atoms with E-state index in [0.29, 0.717) is 11.7 Å². The highest BCUT2D eigenvalue weighted by Gasteiger charge is 2.12. The van der Waals surface area contributed by atoms with Crippen LogP contribution >= 0.6 is 0 Å². The predicted molar refractivity (Wildman–Crippen MR) is 90.6 cm³/mol. The second-order valence-electron chi connectivity index (χ2n) is 5.85. The lowest BCUT2D eigenvalue weighted by Gasteiger charge is -2.16. The summed E-state index contributed by atoms with van der Waals surface area (Å²) in [7, 11) is 0. The molecule has 0 aromatic heterocycles. The van der Waals surface area contributed by atoms with Crippen LogP contribution in [0.4, 0.5) is 5.69 Å². The maximum absolute atomic E-state index is 12.2. The number of amides is 1. The van der Waals surface area contributed by atoms with E-state index in [9.17, 15) is 4.79 Å². The van der Waals surface area contributed by atoms with E-state index in [1.54, 1.807) is 0 Å². The number of hydrogen-bond donors (Lipinski definition) is 1. The van der Waals surface area contributed by atoms with Crippen molar-refractivity contribution < 1.29 is 9.53 Å². The zero-order valence-electron chi connectivity index (χ0n) is 13.6. The van der Waals surface area contributed by atoms with Crippen molar-refractivity contribution in [2.75, 3.05) is 11.9 Å². The third-order valence-corrected chi connectivity index (χ3v) is 3.55. The summed E-state index contributed by atoms with van der Waals surface area (Å²) < 4.78 is 5.55. The molecule has 2 aromatic carbocycles. The molecule has 3 nitrogen and oxygen atoms in total. The van der Waals surface area contributed by atoms with Gasteiger partial charge in [-0.25, -0.2) is 0 Å². The van der Waals surface area contributed by atoms with E-state index in [2.05, 4.69) is 25.2 Å². The van der Waals surface area contributed by atoms with Gasteiger partial charge in [-0.05, 0) is 48.6 Å². The Kier molecular flexibility index (Phi) is 5.21. The number of carbonyl (C=O) groups is 1. The zero-order chi connectivity index (χ0) is 16.1. The summed E-state index contributed by atoms with van der Waals surface area (Å²) in [5.41, 5.74) is 4.22. The first-order chi connectivity index (χ1) is 10.5. The molecule has 0 aliphatic carbocycles. The Morgan fingerprint density at radius 2 is 1.86 bits per heavy atom. The quantitative estimate of drug-likeness (QED) is 0.885. The Bertz CT molecular complexity index is 662. The first-order valence-electron chi connectivity index (χ1n) is 7.56. The van der Waals surface area contributed by atoms with Crippen molar-refractivity contribution in [1.82, 2.24) is 0 Å². The minimum Gasteiger partial charge on any atom is -0.484 e. The monoisotopic (exact) mass is 297 g/mol. The van der Waals surface area contributed by atoms with Gasteiger partial charge < -0.3 is 10.1 Å². The fourth-order valence-electron chi connectivity index (χ4n) is 2.37. The molecule has 0 saturated carbocycles. The Morgan fingerprint density at radius 1 is 1.14 bits per heavy atom. The van der Waals surface area contributed by atoms with Crippen LogP contribution in [0.1, 0.15) is 36.5 Å². The zero-order valence-corrected chi connectivity index (χ0v) is 13.6. The highest BCUT2D eigenvalue weighted by molar-refractivity contribution is 5.93. The SMILES string of the molecule is Cc1cccc(OCC(=O)Nc2c(C)cccc2C(C)C)c1. The summed E-state index contributed by atoms with van der Waals surface area (Å²) in [5, 5.41) is 2.98. The molecule has 0 bridgehead atoms. The second kappa shape index (κ2) is 7.12. The van der Waals surface area contributed by atoms with E-state index in [4.69, 9.17) is 4.74 Å². The molecule has 0 atom stereocenters. The van der Waals surface area contributed by atoms with Crippen molar-refractivity contribution in [2.45, 2.75) is 33.6 Å². The first-order valence-corrected chi connectivity index (χ1v) is 7.56. The molecule has 0 saturated heterocycles. The summed E-state index contributed by atoms with van der Waals surface area (Å²) >= 11 is 0. The number of rotatable bonds is 5. The molecule has 116 valence electrons. The maximum atomic E-state index is 12.2. The predicted octanol–water partition coefficient (Wildman–Crippen LogP) is 4.44. The normalized spacial score (nSPS) is 10.6. The summed E-state index contributed by atoms with van der Waals surface area (Å²) in [6, 6.07) is 13.8. The number of benzene rings is 2. The molecule has 0 aliphatic rings. The standard InChI is InChI=1S/C19H23NO2/c1-13(2)17-10-6-8-15(4)19(17)20-18(21)12-22-16-9-5-7-14(3)11-16/h5-11,13H,12H2,1-4H3,(H,20,21). The van der Waals surface area contributed by atoms with Crippen LogP contribution in [0.25, 0.3) is 0 Å². The molecule has 0 aliphatic heterocycles. The Hall–Kier alpha value is -2.29. The molecule has 0 fully saturated rings. The molecule has 2 rings (SSSR count). The lowest BCUT2D eigenvalue weighted by atomic mass is 9.98. The third-order valence-electron chi connectivity index (χ3n) is 3.55. The van der Waals surface area contributed by atoms with E-state index < -0.39 is 0 Å². The maximum Gasteiger partial charge on any atom is 0.262 e. The summed E-state index contributed by atoms with van der Waals surface area (Å²) in [6.07, 6.45) is 0. The largest absolute Gasteiger partial charge is 0.484 e. The van der Waals surface area contributed by atoms with Crippen LogP contribution in [0.15, 0.2) is 42.5 Å². The number of aryl methyl sites for hydroxylation is 2. The third kappa shape index (κ3) is 4.10. The first kappa shape index (κ1) is 16.1. The van der Waals surface area contributed by atoms with Gasteiger partial charge in [-0.1, -0.05) is 44.2 Å². The van der Waals surface area contributed by atoms with Gasteiger partial charge in [0.15, 0.2) is 6.61 Å². The number of nitrogens with one attached hydrogen (secondary N) is 1. The highest BCUT2D eigenvalue weighted by Crippen LogP contribution is 2.27. The minimum atomic E-state index is -0.141. The van der Waals surface area contributed by atoms with Gasteiger partial charge in [0.25, 0.3) is 5.91 Å². The molecular formula is C19H23NO2. The van der Waals surface area contributed by atoms with Crippen molar-refractivity contribution in [1.29, 1.82) is 0 Å². The van der Waals surface area contributed by atoms with Gasteiger partial charge in [-0.2, -0.15) is 0 Å². The van der Waals surface area contributed by atoms with Crippen molar-refractivity contribution >= 4 is 11.6 Å². The van der Waals surface area contributed by atoms with E-state index in [1.807, 2.05) is 50.2 Å². The average Bonchev–Trinajstić information content (AvgIpc) is 2.47. The lowest BCUT2D eigenvalue weighted by molar-refractivity contribution is -0.118. The van der Waals surface area contributed by atoms with Gasteiger partial charge in [0.05, 0.1) is 0 Å². The van der Waals surface area contributed by atoms with Crippen molar-refractivity contribution in [3.63, 3.8) is 0 Å².